The highest BCUT2D eigenvalue weighted by Gasteiger charge is 2.38. The maximum absolute atomic E-state index is 12.8. The zero-order chi connectivity index (χ0) is 18.0. The van der Waals surface area contributed by atoms with Crippen molar-refractivity contribution in [2.24, 2.45) is 0 Å². The summed E-state index contributed by atoms with van der Waals surface area (Å²) in [6.07, 6.45) is 3.28. The summed E-state index contributed by atoms with van der Waals surface area (Å²) in [5.41, 5.74) is 2.24. The summed E-state index contributed by atoms with van der Waals surface area (Å²) in [5.74, 6) is -0.246. The second-order valence-corrected chi connectivity index (χ2v) is 6.79. The number of carbonyl (C=O) groups excluding carboxylic acids is 2. The van der Waals surface area contributed by atoms with E-state index in [2.05, 4.69) is 27.4 Å². The molecular weight excluding hydrogens is 318 g/mol. The predicted molar refractivity (Wildman–Crippen MR) is 93.4 cm³/mol. The second-order valence-electron chi connectivity index (χ2n) is 6.79. The van der Waals surface area contributed by atoms with Crippen LogP contribution in [0, 0.1) is 6.92 Å². The number of hydrogen-bond donors (Lipinski definition) is 2. The van der Waals surface area contributed by atoms with Crippen LogP contribution in [0.15, 0.2) is 24.4 Å². The number of carbonyl (C=O) groups is 2. The van der Waals surface area contributed by atoms with Gasteiger partial charge >= 0.3 is 0 Å². The van der Waals surface area contributed by atoms with Gasteiger partial charge in [-0.3, -0.25) is 14.7 Å². The average Bonchev–Trinajstić information content (AvgIpc) is 3.11. The molecule has 1 aliphatic rings. The summed E-state index contributed by atoms with van der Waals surface area (Å²) in [7, 11) is 1.60. The van der Waals surface area contributed by atoms with E-state index in [9.17, 15) is 9.59 Å². The first-order valence-electron chi connectivity index (χ1n) is 8.43. The monoisotopic (exact) mass is 341 g/mol. The number of pyridine rings is 1. The first-order chi connectivity index (χ1) is 11.9. The Balaban J connectivity index is 1.87. The first kappa shape index (κ1) is 17.1. The molecule has 2 aromatic rings. The molecule has 0 radical (unpaired) electrons. The van der Waals surface area contributed by atoms with Gasteiger partial charge in [-0.15, -0.1) is 0 Å². The highest BCUT2D eigenvalue weighted by molar-refractivity contribution is 5.95. The number of aromatic nitrogens is 3. The van der Waals surface area contributed by atoms with Gasteiger partial charge in [0, 0.05) is 31.2 Å². The van der Waals surface area contributed by atoms with Crippen LogP contribution < -0.4 is 5.32 Å². The van der Waals surface area contributed by atoms with Crippen LogP contribution in [0.4, 0.5) is 0 Å². The van der Waals surface area contributed by atoms with Crippen LogP contribution in [0.3, 0.4) is 0 Å². The topological polar surface area (TPSA) is 91.0 Å². The number of aromatic amines is 1. The number of aryl methyl sites for hydroxylation is 1. The maximum atomic E-state index is 12.8. The number of piperidine rings is 1. The zero-order valence-electron chi connectivity index (χ0n) is 14.8. The Morgan fingerprint density at radius 3 is 2.88 bits per heavy atom. The molecule has 7 nitrogen and oxygen atoms in total. The largest absolute Gasteiger partial charge is 0.355 e. The van der Waals surface area contributed by atoms with Gasteiger partial charge in [0.1, 0.15) is 5.69 Å². The summed E-state index contributed by atoms with van der Waals surface area (Å²) in [6, 6.07) is 5.46. The van der Waals surface area contributed by atoms with Gasteiger partial charge < -0.3 is 10.2 Å². The number of H-pyrrole nitrogens is 1. The van der Waals surface area contributed by atoms with Crippen molar-refractivity contribution in [1.82, 2.24) is 25.4 Å². The quantitative estimate of drug-likeness (QED) is 0.888. The first-order valence-corrected chi connectivity index (χ1v) is 8.43. The number of hydrogen-bond acceptors (Lipinski definition) is 4. The molecule has 1 fully saturated rings. The number of rotatable bonds is 3. The van der Waals surface area contributed by atoms with E-state index in [1.165, 1.54) is 0 Å². The Kier molecular flexibility index (Phi) is 4.57. The van der Waals surface area contributed by atoms with Crippen molar-refractivity contribution in [2.75, 3.05) is 20.1 Å². The molecule has 3 rings (SSSR count). The van der Waals surface area contributed by atoms with Gasteiger partial charge in [-0.25, -0.2) is 4.98 Å². The number of nitrogens with zero attached hydrogens (tertiary/aromatic N) is 3. The number of likely N-dealkylation sites (tertiary alicyclic amines) is 1. The van der Waals surface area contributed by atoms with Crippen LogP contribution >= 0.6 is 0 Å². The van der Waals surface area contributed by atoms with Gasteiger partial charge in [0.2, 0.25) is 0 Å². The molecule has 132 valence electrons. The minimum atomic E-state index is -0.351. The lowest BCUT2D eigenvalue weighted by molar-refractivity contribution is 0.0640. The SMILES string of the molecule is CNC(=O)c1cn[nH]c1[C@]1(C)CCCN(C(=O)c2cccc(C)n2)C1. The van der Waals surface area contributed by atoms with Crippen LogP contribution in [0.1, 0.15) is 52.0 Å². The molecule has 3 heterocycles. The van der Waals surface area contributed by atoms with E-state index in [4.69, 9.17) is 0 Å². The third kappa shape index (κ3) is 3.26. The van der Waals surface area contributed by atoms with Gasteiger partial charge in [0.25, 0.3) is 11.8 Å². The van der Waals surface area contributed by atoms with Crippen molar-refractivity contribution in [1.29, 1.82) is 0 Å². The molecule has 0 spiro atoms. The molecule has 7 heteroatoms. The second kappa shape index (κ2) is 6.66. The van der Waals surface area contributed by atoms with Gasteiger partial charge in [0.05, 0.1) is 17.5 Å². The molecule has 2 aromatic heterocycles. The molecule has 1 aliphatic heterocycles. The molecular formula is C18H23N5O2. The van der Waals surface area contributed by atoms with Crippen molar-refractivity contribution in [2.45, 2.75) is 32.1 Å². The lowest BCUT2D eigenvalue weighted by atomic mass is 9.77. The van der Waals surface area contributed by atoms with Crippen LogP contribution in [0.2, 0.25) is 0 Å². The fourth-order valence-electron chi connectivity index (χ4n) is 3.49. The Labute approximate surface area is 146 Å². The van der Waals surface area contributed by atoms with E-state index in [1.54, 1.807) is 19.3 Å². The lowest BCUT2D eigenvalue weighted by Crippen LogP contribution is -2.48. The van der Waals surface area contributed by atoms with Gasteiger partial charge in [-0.2, -0.15) is 5.10 Å². The van der Waals surface area contributed by atoms with Gasteiger partial charge in [-0.1, -0.05) is 13.0 Å². The van der Waals surface area contributed by atoms with Crippen LogP contribution in [-0.4, -0.2) is 52.0 Å². The van der Waals surface area contributed by atoms with Crippen LogP contribution in [0.5, 0.6) is 0 Å². The Morgan fingerprint density at radius 2 is 2.16 bits per heavy atom. The molecule has 0 aliphatic carbocycles. The highest BCUT2D eigenvalue weighted by Crippen LogP contribution is 2.34. The maximum Gasteiger partial charge on any atom is 0.272 e. The van der Waals surface area contributed by atoms with E-state index in [0.717, 1.165) is 24.2 Å². The molecule has 0 saturated carbocycles. The van der Waals surface area contributed by atoms with Crippen LogP contribution in [-0.2, 0) is 5.41 Å². The summed E-state index contributed by atoms with van der Waals surface area (Å²) in [6.45, 7) is 5.15. The molecule has 25 heavy (non-hydrogen) atoms. The van der Waals surface area contributed by atoms with E-state index in [1.807, 2.05) is 24.0 Å². The van der Waals surface area contributed by atoms with E-state index in [0.29, 0.717) is 24.3 Å². The highest BCUT2D eigenvalue weighted by atomic mass is 16.2. The number of nitrogens with one attached hydrogen (secondary N) is 2. The molecule has 1 saturated heterocycles. The summed E-state index contributed by atoms with van der Waals surface area (Å²) in [4.78, 5) is 31.1. The lowest BCUT2D eigenvalue weighted by Gasteiger charge is -2.40. The summed E-state index contributed by atoms with van der Waals surface area (Å²) in [5, 5.41) is 9.67. The smallest absolute Gasteiger partial charge is 0.272 e. The third-order valence-corrected chi connectivity index (χ3v) is 4.81. The zero-order valence-corrected chi connectivity index (χ0v) is 14.8. The van der Waals surface area contributed by atoms with Gasteiger partial charge in [0.15, 0.2) is 0 Å². The normalized spacial score (nSPS) is 20.4. The van der Waals surface area contributed by atoms with Gasteiger partial charge in [-0.05, 0) is 31.9 Å². The van der Waals surface area contributed by atoms with E-state index >= 15 is 0 Å². The van der Waals surface area contributed by atoms with Crippen molar-refractivity contribution in [3.63, 3.8) is 0 Å². The predicted octanol–water partition coefficient (Wildman–Crippen LogP) is 1.67. The van der Waals surface area contributed by atoms with Crippen molar-refractivity contribution >= 4 is 11.8 Å². The summed E-state index contributed by atoms with van der Waals surface area (Å²) < 4.78 is 0. The molecule has 2 N–H and O–H groups in total. The molecule has 1 atom stereocenters. The Hall–Kier alpha value is -2.70. The Morgan fingerprint density at radius 1 is 1.36 bits per heavy atom. The van der Waals surface area contributed by atoms with E-state index in [-0.39, 0.29) is 17.2 Å². The molecule has 2 amide bonds. The minimum Gasteiger partial charge on any atom is -0.355 e. The van der Waals surface area contributed by atoms with E-state index < -0.39 is 0 Å². The number of amides is 2. The third-order valence-electron chi connectivity index (χ3n) is 4.81. The average molecular weight is 341 g/mol. The fraction of sp³-hybridized carbons (Fsp3) is 0.444. The minimum absolute atomic E-state index is 0.0735. The van der Waals surface area contributed by atoms with Crippen molar-refractivity contribution in [3.05, 3.63) is 47.0 Å². The molecule has 0 bridgehead atoms. The standard InChI is InChI=1S/C18H23N5O2/c1-12-6-4-7-14(21-12)17(25)23-9-5-8-18(2,11-23)15-13(10-20-22-15)16(24)19-3/h4,6-7,10H,5,8-9,11H2,1-3H3,(H,19,24)(H,20,22)/t18-/m1/s1. The van der Waals surface area contributed by atoms with Crippen molar-refractivity contribution < 1.29 is 9.59 Å². The summed E-state index contributed by atoms with van der Waals surface area (Å²) >= 11 is 0. The van der Waals surface area contributed by atoms with Crippen LogP contribution in [0.25, 0.3) is 0 Å². The van der Waals surface area contributed by atoms with Crippen molar-refractivity contribution in [3.8, 4) is 0 Å². The molecule has 0 unspecified atom stereocenters. The molecule has 0 aromatic carbocycles. The Bertz CT molecular complexity index is 800. The fourth-order valence-corrected chi connectivity index (χ4v) is 3.49.